The van der Waals surface area contributed by atoms with Crippen LogP contribution in [0.25, 0.3) is 0 Å². The molecule has 120 heavy (non-hydrogen) atoms. The Hall–Kier alpha value is -7.12. The van der Waals surface area contributed by atoms with Crippen LogP contribution in [0.5, 0.6) is 0 Å². The Labute approximate surface area is 715 Å². The summed E-state index contributed by atoms with van der Waals surface area (Å²) < 4.78 is 74.8. The summed E-state index contributed by atoms with van der Waals surface area (Å²) >= 11 is 5.10. The van der Waals surface area contributed by atoms with Crippen molar-refractivity contribution in [2.75, 3.05) is 84.7 Å². The second-order valence-electron chi connectivity index (χ2n) is 30.9. The van der Waals surface area contributed by atoms with E-state index in [9.17, 15) is 71.9 Å². The number of carbonyl (C=O) groups is 15. The summed E-state index contributed by atoms with van der Waals surface area (Å²) in [5, 5.41) is 14.5. The first kappa shape index (κ1) is 107. The number of carbonyl (C=O) groups excluding carboxylic acids is 15. The van der Waals surface area contributed by atoms with E-state index < -0.39 is 154 Å². The summed E-state index contributed by atoms with van der Waals surface area (Å²) in [5.74, 6) is -7.36. The van der Waals surface area contributed by atoms with Crippen LogP contribution in [0, 0.1) is 17.8 Å². The predicted octanol–water partition coefficient (Wildman–Crippen LogP) is 6.40. The maximum atomic E-state index is 14.4. The molecule has 0 spiro atoms. The van der Waals surface area contributed by atoms with E-state index in [0.717, 1.165) is 57.8 Å². The van der Waals surface area contributed by atoms with Gasteiger partial charge in [-0.3, -0.25) is 86.3 Å². The minimum Gasteiger partial charge on any atom is -0.463 e. The van der Waals surface area contributed by atoms with Crippen LogP contribution in [0.4, 0.5) is 0 Å². The van der Waals surface area contributed by atoms with Crippen molar-refractivity contribution in [2.45, 2.75) is 330 Å². The third-order valence-corrected chi connectivity index (χ3v) is 21.8. The van der Waals surface area contributed by atoms with E-state index >= 15 is 0 Å². The summed E-state index contributed by atoms with van der Waals surface area (Å²) in [6.45, 7) is 20.6. The van der Waals surface area contributed by atoms with Gasteiger partial charge in [0.15, 0.2) is 25.0 Å². The highest BCUT2D eigenvalue weighted by Crippen LogP contribution is 2.34. The zero-order valence-corrected chi connectivity index (χ0v) is 75.4. The first-order valence-corrected chi connectivity index (χ1v) is 46.0. The van der Waals surface area contributed by atoms with Gasteiger partial charge in [-0.05, 0) is 70.6 Å². The molecular formula is C82H137N7O28PS2-. The van der Waals surface area contributed by atoms with Crippen molar-refractivity contribution in [2.24, 2.45) is 17.8 Å². The number of ketones is 1. The fraction of sp³-hybridized carbons (Fsp3) is 0.817. The Bertz CT molecular complexity index is 3310. The van der Waals surface area contributed by atoms with Gasteiger partial charge in [-0.25, -0.2) is 0 Å². The second-order valence-corrected chi connectivity index (χ2v) is 35.5. The van der Waals surface area contributed by atoms with Gasteiger partial charge in [0, 0.05) is 165 Å². The van der Waals surface area contributed by atoms with Crippen LogP contribution in [0.2, 0.25) is 0 Å². The maximum absolute atomic E-state index is 14.4. The number of hydrogen-bond donors (Lipinski definition) is 5. The topological polar surface area (TPSA) is 443 Å². The lowest BCUT2D eigenvalue weighted by atomic mass is 9.88. The Morgan fingerprint density at radius 3 is 1.07 bits per heavy atom. The molecule has 35 nitrogen and oxygen atoms in total. The minimum absolute atomic E-state index is 0.0680. The van der Waals surface area contributed by atoms with E-state index in [-0.39, 0.29) is 145 Å². The SMILES string of the molecule is CCC(OC(=O)CCC(=O)C[S-](=P)=S)C(=O)N(CCCCN(CCCNC(=O)CCCCCCCO[C@@H]1OC(COC(C)=O)[C@H](OC(C)=O)[C@H](C)C1NC(C)=O)C(=O)CCCCCCCO[C@@H]1OC(COC(C)=O)[C@H](OC(C)=O)[C@H](C)C1NC(C)=O)CCCNC(=O)CCCCCCCO[C@@H]1OC(COC(C)=O)[C@H](OC(C)=O)[C@H](C)C1NC(C)=O. The predicted molar refractivity (Wildman–Crippen MR) is 444 cm³/mol. The molecule has 3 aliphatic heterocycles. The molecule has 0 aliphatic carbocycles. The molecule has 3 heterocycles. The number of unbranched alkanes of at least 4 members (excludes halogenated alkanes) is 13. The number of amides is 7. The van der Waals surface area contributed by atoms with Crippen molar-refractivity contribution >= 4 is 117 Å². The molecule has 3 saturated heterocycles. The van der Waals surface area contributed by atoms with E-state index in [4.69, 9.17) is 72.8 Å². The number of hydrogen-bond acceptors (Lipinski definition) is 30. The van der Waals surface area contributed by atoms with Crippen LogP contribution in [0.15, 0.2) is 0 Å². The van der Waals surface area contributed by atoms with Gasteiger partial charge < -0.3 is 111 Å². The van der Waals surface area contributed by atoms with Gasteiger partial charge >= 0.3 is 41.8 Å². The number of nitrogens with one attached hydrogen (secondary N) is 5. The molecule has 3 rings (SSSR count). The molecule has 7 amide bonds. The van der Waals surface area contributed by atoms with E-state index in [1.807, 2.05) is 0 Å². The van der Waals surface area contributed by atoms with Gasteiger partial charge in [0.1, 0.15) is 62.2 Å². The Balaban J connectivity index is 1.65. The molecule has 7 unspecified atom stereocenters. The average Bonchev–Trinajstić information content (AvgIpc) is 0.805. The first-order chi connectivity index (χ1) is 57.0. The van der Waals surface area contributed by atoms with Crippen LogP contribution in [-0.4, -0.2) is 263 Å². The molecule has 38 heteroatoms. The molecule has 5 N–H and O–H groups in total. The van der Waals surface area contributed by atoms with Crippen molar-refractivity contribution in [1.29, 1.82) is 0 Å². The van der Waals surface area contributed by atoms with Crippen molar-refractivity contribution in [3.05, 3.63) is 0 Å². The number of esters is 7. The fourth-order valence-electron chi connectivity index (χ4n) is 14.4. The molecule has 16 atom stereocenters. The molecule has 0 saturated carbocycles. The van der Waals surface area contributed by atoms with E-state index in [2.05, 4.69) is 34.6 Å². The van der Waals surface area contributed by atoms with Crippen molar-refractivity contribution in [3.63, 3.8) is 0 Å². The molecule has 686 valence electrons. The summed E-state index contributed by atoms with van der Waals surface area (Å²) in [7, 11) is 2.50. The first-order valence-electron chi connectivity index (χ1n) is 42.5. The zero-order chi connectivity index (χ0) is 89.2. The van der Waals surface area contributed by atoms with Gasteiger partial charge in [0.05, 0.1) is 24.5 Å². The molecule has 3 aliphatic rings. The van der Waals surface area contributed by atoms with E-state index in [1.165, 1.54) is 62.3 Å². The Kier molecular flexibility index (Phi) is 53.9. The van der Waals surface area contributed by atoms with Gasteiger partial charge in [-0.15, -0.1) is 0 Å². The lowest BCUT2D eigenvalue weighted by Gasteiger charge is -2.44. The fourth-order valence-corrected chi connectivity index (χ4v) is 15.7. The quantitative estimate of drug-likeness (QED) is 0.0144. The Morgan fingerprint density at radius 2 is 0.733 bits per heavy atom. The number of nitrogens with zero attached hydrogens (tertiary/aromatic N) is 2. The van der Waals surface area contributed by atoms with Gasteiger partial charge in [-0.1, -0.05) is 91.2 Å². The largest absolute Gasteiger partial charge is 0.463 e. The average molecular weight is 1760 g/mol. The van der Waals surface area contributed by atoms with Crippen molar-refractivity contribution in [3.8, 4) is 0 Å². The summed E-state index contributed by atoms with van der Waals surface area (Å²) in [6, 6.07) is -2.01. The number of rotatable bonds is 60. The number of Topliss-reactive ketones (excluding diaryl/α,β-unsaturated/α-hetero) is 1. The molecule has 0 bridgehead atoms. The molecule has 3 fully saturated rings. The highest BCUT2D eigenvalue weighted by atomic mass is 32.9. The lowest BCUT2D eigenvalue weighted by molar-refractivity contribution is -0.262. The van der Waals surface area contributed by atoms with Crippen LogP contribution in [0.1, 0.15) is 251 Å². The van der Waals surface area contributed by atoms with Crippen molar-refractivity contribution < 1.29 is 133 Å². The van der Waals surface area contributed by atoms with Gasteiger partial charge in [-0.2, -0.15) is 0 Å². The molecule has 0 aromatic heterocycles. The third kappa shape index (κ3) is 44.8. The standard InChI is InChI=1S/C82H137N7O28PS2/c1-14-65(114-72(103)38-37-64(99)51-120(118)119)79(104)89(44-33-40-84-70(101)35-25-19-16-22-30-46-106-81-74(86-56(6)91)53(3)77(112-62(12)97)67(116-81)49-109-59(9)94)42-28-27-41-88(71(102)36-26-20-17-23-31-47-107-82-75(87-57(7)92)54(4)78(113-63(13)98)68(117-82)50-110-60(10)95)43-32-39-83-69(100)34-24-18-15-21-29-45-105-80-73(85-55(5)90)52(2)76(111-61(11)96)66(115-80)48-108-58(8)93/h52-54,65-68,73-78,80-82,118H,14-51H2,1-13H3,(H,83,100)(H,84,101)(H,85,90)(H,86,91)(H,87,92)/q-1/t52-,53-,54-,65?,66?,67?,68?,73?,74?,75?,76-,77-,78-,80-,81-,82-/m1/s1. The maximum Gasteiger partial charge on any atom is 0.307 e. The molecule has 0 aromatic rings. The summed E-state index contributed by atoms with van der Waals surface area (Å²) in [4.78, 5) is 192. The highest BCUT2D eigenvalue weighted by Gasteiger charge is 2.50. The van der Waals surface area contributed by atoms with Gasteiger partial charge in [0.2, 0.25) is 35.4 Å². The smallest absolute Gasteiger partial charge is 0.307 e. The van der Waals surface area contributed by atoms with Crippen LogP contribution >= 0.6 is 8.02 Å². The lowest BCUT2D eigenvalue weighted by Crippen LogP contribution is -2.62. The number of ether oxygens (including phenoxy) is 13. The zero-order valence-electron chi connectivity index (χ0n) is 72.7. The summed E-state index contributed by atoms with van der Waals surface area (Å²) in [5.41, 5.74) is 0. The van der Waals surface area contributed by atoms with E-state index in [1.54, 1.807) is 37.5 Å². The Morgan fingerprint density at radius 1 is 0.408 bits per heavy atom. The monoisotopic (exact) mass is 1760 g/mol. The minimum atomic E-state index is -1.16. The van der Waals surface area contributed by atoms with Crippen LogP contribution in [0.3, 0.4) is 0 Å². The molecular weight excluding hydrogens is 1630 g/mol. The molecule has 0 aromatic carbocycles. The van der Waals surface area contributed by atoms with Crippen LogP contribution in [-0.2, 0) is 153 Å². The van der Waals surface area contributed by atoms with Crippen molar-refractivity contribution in [1.82, 2.24) is 36.4 Å². The van der Waals surface area contributed by atoms with Gasteiger partial charge in [0.25, 0.3) is 5.91 Å². The highest BCUT2D eigenvalue weighted by molar-refractivity contribution is 8.39. The molecule has 0 radical (unpaired) electrons. The normalized spacial score (nSPS) is 22.8. The third-order valence-electron chi connectivity index (χ3n) is 20.5. The summed E-state index contributed by atoms with van der Waals surface area (Å²) in [6.07, 6.45) is 4.02. The second kappa shape index (κ2) is 60.4. The van der Waals surface area contributed by atoms with Crippen LogP contribution < -0.4 is 26.6 Å². The van der Waals surface area contributed by atoms with E-state index in [0.29, 0.717) is 83.8 Å².